The lowest BCUT2D eigenvalue weighted by molar-refractivity contribution is 0.110. The molecule has 22 heavy (non-hydrogen) atoms. The zero-order valence-electron chi connectivity index (χ0n) is 13.8. The third-order valence-electron chi connectivity index (χ3n) is 3.68. The molecule has 2 rings (SSSR count). The molecule has 122 valence electrons. The largest absolute Gasteiger partial charge is 0.498 e. The summed E-state index contributed by atoms with van der Waals surface area (Å²) < 4.78 is 20.3. The van der Waals surface area contributed by atoms with E-state index in [1.807, 2.05) is 39.0 Å². The van der Waals surface area contributed by atoms with Crippen molar-refractivity contribution >= 4 is 11.0 Å². The number of ether oxygens (including phenoxy) is 1. The molecule has 0 spiro atoms. The fourth-order valence-corrected chi connectivity index (χ4v) is 3.79. The first-order valence-electron chi connectivity index (χ1n) is 7.98. The van der Waals surface area contributed by atoms with Gasteiger partial charge in [0, 0.05) is 13.1 Å². The maximum absolute atomic E-state index is 12.8. The van der Waals surface area contributed by atoms with Crippen LogP contribution in [-0.2, 0) is 22.3 Å². The van der Waals surface area contributed by atoms with Crippen LogP contribution in [0.25, 0.3) is 0 Å². The topological polar surface area (TPSA) is 29.5 Å². The molecule has 2 atom stereocenters. The molecule has 3 nitrogen and oxygen atoms in total. The molecule has 0 N–H and O–H groups in total. The van der Waals surface area contributed by atoms with E-state index in [1.165, 1.54) is 5.56 Å². The van der Waals surface area contributed by atoms with Crippen molar-refractivity contribution in [2.45, 2.75) is 57.4 Å². The summed E-state index contributed by atoms with van der Waals surface area (Å²) in [6.07, 6.45) is 7.16. The second-order valence-corrected chi connectivity index (χ2v) is 8.95. The van der Waals surface area contributed by atoms with Crippen LogP contribution >= 0.6 is 0 Å². The summed E-state index contributed by atoms with van der Waals surface area (Å²) in [5, 5.41) is 0. The predicted molar refractivity (Wildman–Crippen MR) is 92.6 cm³/mol. The molecular weight excluding hydrogens is 294 g/mol. The predicted octanol–water partition coefficient (Wildman–Crippen LogP) is 4.03. The van der Waals surface area contributed by atoms with Gasteiger partial charge in [-0.15, -0.1) is 0 Å². The summed E-state index contributed by atoms with van der Waals surface area (Å²) >= 11 is 0. The number of rotatable bonds is 6. The highest BCUT2D eigenvalue weighted by atomic mass is 32.2. The fraction of sp³-hybridized carbons (Fsp3) is 0.556. The summed E-state index contributed by atoms with van der Waals surface area (Å²) in [6, 6.07) is 10.3. The lowest BCUT2D eigenvalue weighted by Gasteiger charge is -2.30. The van der Waals surface area contributed by atoms with E-state index in [2.05, 4.69) is 22.5 Å². The first-order valence-corrected chi connectivity index (χ1v) is 9.09. The SMILES string of the molecule is CC(C)(C)S(=O)N(CC[C@@H]1CCC=CO1)Cc1ccccc1. The van der Waals surface area contributed by atoms with Crippen LogP contribution in [0.5, 0.6) is 0 Å². The molecule has 0 radical (unpaired) electrons. The number of benzene rings is 1. The second kappa shape index (κ2) is 7.93. The van der Waals surface area contributed by atoms with Gasteiger partial charge >= 0.3 is 0 Å². The Labute approximate surface area is 136 Å². The molecule has 1 aliphatic heterocycles. The molecular formula is C18H27NO2S. The number of allylic oxidation sites excluding steroid dienone is 1. The number of hydrogen-bond donors (Lipinski definition) is 0. The van der Waals surface area contributed by atoms with Crippen LogP contribution in [0, 0.1) is 0 Å². The van der Waals surface area contributed by atoms with Gasteiger partial charge in [0.25, 0.3) is 0 Å². The normalized spacial score (nSPS) is 19.9. The standard InChI is InChI=1S/C18H27NO2S/c1-18(2,3)22(20)19(15-16-9-5-4-6-10-16)13-12-17-11-7-8-14-21-17/h4-6,8-10,14,17H,7,11-13,15H2,1-3H3/t17-,22?/m0/s1. The minimum atomic E-state index is -1.02. The zero-order chi connectivity index (χ0) is 16.0. The van der Waals surface area contributed by atoms with E-state index in [0.29, 0.717) is 6.54 Å². The molecule has 0 fully saturated rings. The molecule has 1 unspecified atom stereocenters. The summed E-state index contributed by atoms with van der Waals surface area (Å²) in [7, 11) is -1.02. The molecule has 4 heteroatoms. The van der Waals surface area contributed by atoms with Gasteiger partial charge in [-0.05, 0) is 51.7 Å². The molecule has 0 saturated carbocycles. The Hall–Kier alpha value is -1.13. The molecule has 1 heterocycles. The van der Waals surface area contributed by atoms with Gasteiger partial charge in [0.2, 0.25) is 0 Å². The van der Waals surface area contributed by atoms with Crippen molar-refractivity contribution in [1.82, 2.24) is 4.31 Å². The average Bonchev–Trinajstić information content (AvgIpc) is 2.52. The number of hydrogen-bond acceptors (Lipinski definition) is 2. The molecule has 0 bridgehead atoms. The van der Waals surface area contributed by atoms with E-state index in [9.17, 15) is 4.21 Å². The third-order valence-corrected chi connectivity index (χ3v) is 5.51. The van der Waals surface area contributed by atoms with Crippen LogP contribution in [0.15, 0.2) is 42.7 Å². The molecule has 0 saturated heterocycles. The number of nitrogens with zero attached hydrogens (tertiary/aromatic N) is 1. The minimum absolute atomic E-state index is 0.248. The summed E-state index contributed by atoms with van der Waals surface area (Å²) in [4.78, 5) is 0. The first kappa shape index (κ1) is 17.2. The molecule has 0 amide bonds. The minimum Gasteiger partial charge on any atom is -0.498 e. The maximum Gasteiger partial charge on any atom is 0.100 e. The molecule has 1 aromatic rings. The molecule has 1 aromatic carbocycles. The molecule has 1 aliphatic rings. The van der Waals surface area contributed by atoms with E-state index in [4.69, 9.17) is 4.74 Å². The summed E-state index contributed by atoms with van der Waals surface area (Å²) in [6.45, 7) is 7.59. The van der Waals surface area contributed by atoms with Gasteiger partial charge in [0.15, 0.2) is 0 Å². The van der Waals surface area contributed by atoms with E-state index in [1.54, 1.807) is 6.26 Å². The Kier molecular flexibility index (Phi) is 6.21. The van der Waals surface area contributed by atoms with E-state index < -0.39 is 11.0 Å². The highest BCUT2D eigenvalue weighted by Gasteiger charge is 2.27. The quantitative estimate of drug-likeness (QED) is 0.791. The Balaban J connectivity index is 2.01. The Morgan fingerprint density at radius 1 is 1.27 bits per heavy atom. The van der Waals surface area contributed by atoms with Crippen LogP contribution in [0.4, 0.5) is 0 Å². The van der Waals surface area contributed by atoms with Gasteiger partial charge in [-0.2, -0.15) is 0 Å². The Morgan fingerprint density at radius 2 is 2.00 bits per heavy atom. The van der Waals surface area contributed by atoms with Crippen molar-refractivity contribution in [3.63, 3.8) is 0 Å². The Bertz CT molecular complexity index is 508. The lowest BCUT2D eigenvalue weighted by atomic mass is 10.1. The van der Waals surface area contributed by atoms with E-state index in [0.717, 1.165) is 25.8 Å². The fourth-order valence-electron chi connectivity index (χ4n) is 2.48. The van der Waals surface area contributed by atoms with Crippen molar-refractivity contribution in [1.29, 1.82) is 0 Å². The van der Waals surface area contributed by atoms with Crippen molar-refractivity contribution in [3.8, 4) is 0 Å². The van der Waals surface area contributed by atoms with Crippen molar-refractivity contribution < 1.29 is 8.95 Å². The monoisotopic (exact) mass is 321 g/mol. The van der Waals surface area contributed by atoms with Gasteiger partial charge < -0.3 is 4.74 Å². The van der Waals surface area contributed by atoms with E-state index in [-0.39, 0.29) is 10.9 Å². The van der Waals surface area contributed by atoms with Crippen LogP contribution < -0.4 is 0 Å². The van der Waals surface area contributed by atoms with Gasteiger partial charge in [0.05, 0.1) is 17.1 Å². The van der Waals surface area contributed by atoms with Gasteiger partial charge in [0.1, 0.15) is 11.0 Å². The maximum atomic E-state index is 12.8. The van der Waals surface area contributed by atoms with Crippen LogP contribution in [-0.4, -0.2) is 25.9 Å². The molecule has 0 aliphatic carbocycles. The van der Waals surface area contributed by atoms with Crippen molar-refractivity contribution in [2.75, 3.05) is 6.54 Å². The average molecular weight is 321 g/mol. The van der Waals surface area contributed by atoms with Crippen LogP contribution in [0.3, 0.4) is 0 Å². The van der Waals surface area contributed by atoms with Gasteiger partial charge in [-0.1, -0.05) is 30.3 Å². The lowest BCUT2D eigenvalue weighted by Crippen LogP contribution is -2.38. The highest BCUT2D eigenvalue weighted by Crippen LogP contribution is 2.21. The van der Waals surface area contributed by atoms with Crippen LogP contribution in [0.2, 0.25) is 0 Å². The van der Waals surface area contributed by atoms with Crippen molar-refractivity contribution in [3.05, 3.63) is 48.2 Å². The van der Waals surface area contributed by atoms with Crippen molar-refractivity contribution in [2.24, 2.45) is 0 Å². The van der Waals surface area contributed by atoms with Gasteiger partial charge in [-0.3, -0.25) is 0 Å². The summed E-state index contributed by atoms with van der Waals surface area (Å²) in [5.74, 6) is 0. The third kappa shape index (κ3) is 5.25. The van der Waals surface area contributed by atoms with Gasteiger partial charge in [-0.25, -0.2) is 8.51 Å². The van der Waals surface area contributed by atoms with E-state index >= 15 is 0 Å². The highest BCUT2D eigenvalue weighted by molar-refractivity contribution is 7.84. The smallest absolute Gasteiger partial charge is 0.100 e. The summed E-state index contributed by atoms with van der Waals surface area (Å²) in [5.41, 5.74) is 1.20. The van der Waals surface area contributed by atoms with Crippen LogP contribution in [0.1, 0.15) is 45.6 Å². The second-order valence-electron chi connectivity index (χ2n) is 6.71. The Morgan fingerprint density at radius 3 is 2.59 bits per heavy atom. The molecule has 0 aromatic heterocycles. The first-order chi connectivity index (χ1) is 10.5. The zero-order valence-corrected chi connectivity index (χ0v) is 14.6.